The van der Waals surface area contributed by atoms with Gasteiger partial charge in [0.1, 0.15) is 6.04 Å². The number of carbonyl (C=O) groups is 2. The third-order valence-corrected chi connectivity index (χ3v) is 4.33. The number of carboxylic acid groups (broad SMARTS) is 1. The zero-order valence-electron chi connectivity index (χ0n) is 12.4. The van der Waals surface area contributed by atoms with Gasteiger partial charge in [0.15, 0.2) is 0 Å². The number of piperidine rings is 1. The fraction of sp³-hybridized carbons (Fsp3) is 0.500. The number of aliphatic carboxylic acids is 1. The molecular weight excluding hydrogens is 304 g/mol. The number of amides is 1. The summed E-state index contributed by atoms with van der Waals surface area (Å²) in [6, 6.07) is 6.92. The third kappa shape index (κ3) is 4.71. The molecule has 1 fully saturated rings. The van der Waals surface area contributed by atoms with Crippen molar-refractivity contribution in [3.63, 3.8) is 0 Å². The van der Waals surface area contributed by atoms with Crippen molar-refractivity contribution in [3.05, 3.63) is 34.9 Å². The van der Waals surface area contributed by atoms with E-state index in [1.54, 1.807) is 6.07 Å². The quantitative estimate of drug-likeness (QED) is 0.842. The van der Waals surface area contributed by atoms with Gasteiger partial charge in [0.05, 0.1) is 0 Å². The summed E-state index contributed by atoms with van der Waals surface area (Å²) >= 11 is 6.04. The second kappa shape index (κ2) is 8.15. The summed E-state index contributed by atoms with van der Waals surface area (Å²) < 4.78 is 0. The highest BCUT2D eigenvalue weighted by atomic mass is 35.5. The van der Waals surface area contributed by atoms with E-state index in [9.17, 15) is 14.7 Å². The lowest BCUT2D eigenvalue weighted by atomic mass is 10.0. The molecule has 0 spiro atoms. The molecule has 2 rings (SSSR count). The van der Waals surface area contributed by atoms with E-state index >= 15 is 0 Å². The Morgan fingerprint density at radius 1 is 1.32 bits per heavy atom. The minimum absolute atomic E-state index is 0.0883. The Bertz CT molecular complexity index is 536. The maximum Gasteiger partial charge on any atom is 0.320 e. The van der Waals surface area contributed by atoms with E-state index in [4.69, 9.17) is 11.6 Å². The lowest BCUT2D eigenvalue weighted by molar-refractivity contribution is -0.145. The van der Waals surface area contributed by atoms with E-state index in [2.05, 4.69) is 5.32 Å². The van der Waals surface area contributed by atoms with Gasteiger partial charge in [-0.05, 0) is 31.0 Å². The average Bonchev–Trinajstić information content (AvgIpc) is 2.52. The van der Waals surface area contributed by atoms with Crippen molar-refractivity contribution < 1.29 is 14.7 Å². The maximum absolute atomic E-state index is 11.9. The zero-order valence-corrected chi connectivity index (χ0v) is 13.2. The highest BCUT2D eigenvalue weighted by Crippen LogP contribution is 2.17. The highest BCUT2D eigenvalue weighted by Gasteiger charge is 2.28. The summed E-state index contributed by atoms with van der Waals surface area (Å²) in [5.41, 5.74) is 0.874. The molecule has 1 saturated heterocycles. The van der Waals surface area contributed by atoms with Crippen LogP contribution in [-0.2, 0) is 16.1 Å². The molecule has 1 aliphatic heterocycles. The summed E-state index contributed by atoms with van der Waals surface area (Å²) in [6.07, 6.45) is 2.89. The number of carbonyl (C=O) groups excluding carboxylic acids is 1. The van der Waals surface area contributed by atoms with Crippen LogP contribution in [0.3, 0.4) is 0 Å². The Kier molecular flexibility index (Phi) is 6.21. The molecule has 1 unspecified atom stereocenters. The van der Waals surface area contributed by atoms with Gasteiger partial charge in [-0.3, -0.25) is 14.5 Å². The lowest BCUT2D eigenvalue weighted by Crippen LogP contribution is -2.45. The van der Waals surface area contributed by atoms with Crippen LogP contribution < -0.4 is 5.32 Å². The van der Waals surface area contributed by atoms with Crippen LogP contribution in [-0.4, -0.2) is 41.0 Å². The van der Waals surface area contributed by atoms with Gasteiger partial charge in [-0.2, -0.15) is 0 Å². The van der Waals surface area contributed by atoms with Crippen LogP contribution in [0.4, 0.5) is 0 Å². The second-order valence-corrected chi connectivity index (χ2v) is 5.91. The number of hydrogen-bond acceptors (Lipinski definition) is 3. The number of carboxylic acids is 1. The number of halogens is 1. The van der Waals surface area contributed by atoms with Gasteiger partial charge in [-0.15, -0.1) is 0 Å². The largest absolute Gasteiger partial charge is 0.480 e. The van der Waals surface area contributed by atoms with Crippen molar-refractivity contribution in [1.82, 2.24) is 10.2 Å². The Morgan fingerprint density at radius 3 is 2.82 bits per heavy atom. The molecular formula is C16H21ClN2O3. The van der Waals surface area contributed by atoms with Gasteiger partial charge in [0.25, 0.3) is 0 Å². The van der Waals surface area contributed by atoms with E-state index in [-0.39, 0.29) is 5.91 Å². The monoisotopic (exact) mass is 324 g/mol. The predicted molar refractivity (Wildman–Crippen MR) is 84.8 cm³/mol. The molecule has 0 saturated carbocycles. The van der Waals surface area contributed by atoms with E-state index in [1.165, 1.54) is 0 Å². The average molecular weight is 325 g/mol. The van der Waals surface area contributed by atoms with Crippen LogP contribution in [0.5, 0.6) is 0 Å². The molecule has 6 heteroatoms. The SMILES string of the molecule is O=C(CCN1CCCCC1C(=O)O)NCc1ccccc1Cl. The van der Waals surface area contributed by atoms with E-state index in [0.29, 0.717) is 31.0 Å². The van der Waals surface area contributed by atoms with E-state index in [0.717, 1.165) is 24.9 Å². The number of likely N-dealkylation sites (tertiary alicyclic amines) is 1. The van der Waals surface area contributed by atoms with Gasteiger partial charge in [-0.25, -0.2) is 0 Å². The second-order valence-electron chi connectivity index (χ2n) is 5.50. The van der Waals surface area contributed by atoms with Crippen LogP contribution in [0.15, 0.2) is 24.3 Å². The molecule has 1 amide bonds. The minimum atomic E-state index is -0.795. The standard InChI is InChI=1S/C16H21ClN2O3/c17-13-6-2-1-5-12(13)11-18-15(20)8-10-19-9-4-3-7-14(19)16(21)22/h1-2,5-6,14H,3-4,7-11H2,(H,18,20)(H,21,22). The first-order chi connectivity index (χ1) is 10.6. The smallest absolute Gasteiger partial charge is 0.320 e. The normalized spacial score (nSPS) is 18.9. The highest BCUT2D eigenvalue weighted by molar-refractivity contribution is 6.31. The molecule has 1 heterocycles. The molecule has 0 aliphatic carbocycles. The maximum atomic E-state index is 11.9. The molecule has 1 aromatic carbocycles. The van der Waals surface area contributed by atoms with E-state index < -0.39 is 12.0 Å². The lowest BCUT2D eigenvalue weighted by Gasteiger charge is -2.32. The first-order valence-corrected chi connectivity index (χ1v) is 7.92. The van der Waals surface area contributed by atoms with Crippen LogP contribution in [0.25, 0.3) is 0 Å². The van der Waals surface area contributed by atoms with Crippen molar-refractivity contribution >= 4 is 23.5 Å². The van der Waals surface area contributed by atoms with Crippen LogP contribution in [0.1, 0.15) is 31.2 Å². The van der Waals surface area contributed by atoms with Crippen molar-refractivity contribution in [2.24, 2.45) is 0 Å². The predicted octanol–water partition coefficient (Wildman–Crippen LogP) is 2.29. The van der Waals surface area contributed by atoms with Crippen molar-refractivity contribution in [2.45, 2.75) is 38.3 Å². The number of nitrogens with zero attached hydrogens (tertiary/aromatic N) is 1. The Hall–Kier alpha value is -1.59. The van der Waals surface area contributed by atoms with Gasteiger partial charge in [0, 0.05) is 24.5 Å². The number of nitrogens with one attached hydrogen (secondary N) is 1. The van der Waals surface area contributed by atoms with Gasteiger partial charge < -0.3 is 10.4 Å². The van der Waals surface area contributed by atoms with Crippen molar-refractivity contribution in [3.8, 4) is 0 Å². The van der Waals surface area contributed by atoms with Gasteiger partial charge >= 0.3 is 5.97 Å². The summed E-state index contributed by atoms with van der Waals surface area (Å²) in [5.74, 6) is -0.884. The Morgan fingerprint density at radius 2 is 2.09 bits per heavy atom. The van der Waals surface area contributed by atoms with Crippen molar-refractivity contribution in [1.29, 1.82) is 0 Å². The molecule has 1 atom stereocenters. The molecule has 2 N–H and O–H groups in total. The molecule has 0 radical (unpaired) electrons. The molecule has 0 aromatic heterocycles. The summed E-state index contributed by atoms with van der Waals surface area (Å²) in [6.45, 7) is 1.61. The first-order valence-electron chi connectivity index (χ1n) is 7.55. The molecule has 5 nitrogen and oxygen atoms in total. The Labute approximate surface area is 135 Å². The molecule has 1 aromatic rings. The van der Waals surface area contributed by atoms with Crippen LogP contribution in [0.2, 0.25) is 5.02 Å². The minimum Gasteiger partial charge on any atom is -0.480 e. The number of hydrogen-bond donors (Lipinski definition) is 2. The van der Waals surface area contributed by atoms with Crippen LogP contribution >= 0.6 is 11.6 Å². The Balaban J connectivity index is 1.77. The van der Waals surface area contributed by atoms with Gasteiger partial charge in [-0.1, -0.05) is 36.2 Å². The summed E-state index contributed by atoms with van der Waals surface area (Å²) in [5, 5.41) is 12.7. The van der Waals surface area contributed by atoms with Crippen molar-refractivity contribution in [2.75, 3.05) is 13.1 Å². The van der Waals surface area contributed by atoms with Gasteiger partial charge in [0.2, 0.25) is 5.91 Å². The number of benzene rings is 1. The molecule has 22 heavy (non-hydrogen) atoms. The molecule has 120 valence electrons. The first kappa shape index (κ1) is 16.8. The topological polar surface area (TPSA) is 69.6 Å². The molecule has 0 bridgehead atoms. The van der Waals surface area contributed by atoms with Crippen LogP contribution in [0, 0.1) is 0 Å². The van der Waals surface area contributed by atoms with E-state index in [1.807, 2.05) is 23.1 Å². The fourth-order valence-electron chi connectivity index (χ4n) is 2.71. The summed E-state index contributed by atoms with van der Waals surface area (Å²) in [7, 11) is 0. The molecule has 1 aliphatic rings. The summed E-state index contributed by atoms with van der Waals surface area (Å²) in [4.78, 5) is 25.0. The zero-order chi connectivity index (χ0) is 15.9. The number of rotatable bonds is 6. The fourth-order valence-corrected chi connectivity index (χ4v) is 2.91. The third-order valence-electron chi connectivity index (χ3n) is 3.96.